The molecule has 0 saturated carbocycles. The van der Waals surface area contributed by atoms with Gasteiger partial charge in [-0.25, -0.2) is 0 Å². The van der Waals surface area contributed by atoms with E-state index < -0.39 is 6.10 Å². The van der Waals surface area contributed by atoms with Crippen LogP contribution < -0.4 is 5.32 Å². The topological polar surface area (TPSA) is 49.3 Å². The molecule has 1 amide bonds. The molecular weight excluding hydrogens is 202 g/mol. The summed E-state index contributed by atoms with van der Waals surface area (Å²) in [6.07, 6.45) is 0.422. The second-order valence-corrected chi connectivity index (χ2v) is 4.18. The number of nitrogens with one attached hydrogen (secondary N) is 1. The lowest BCUT2D eigenvalue weighted by molar-refractivity contribution is -0.116. The minimum absolute atomic E-state index is 0.0467. The number of carbonyl (C=O) groups is 1. The van der Waals surface area contributed by atoms with Crippen molar-refractivity contribution in [1.82, 2.24) is 0 Å². The zero-order valence-electron chi connectivity index (χ0n) is 10.1. The minimum Gasteiger partial charge on any atom is -0.393 e. The maximum Gasteiger partial charge on any atom is 0.224 e. The smallest absolute Gasteiger partial charge is 0.224 e. The Labute approximate surface area is 96.5 Å². The highest BCUT2D eigenvalue weighted by Gasteiger charge is 2.07. The Bertz CT molecular complexity index is 372. The third kappa shape index (κ3) is 3.66. The zero-order valence-corrected chi connectivity index (χ0v) is 10.1. The number of hydrogen-bond donors (Lipinski definition) is 2. The SMILES string of the molecule is Cc1cccc(NC(=O)CCC(C)O)c1C. The average molecular weight is 221 g/mol. The monoisotopic (exact) mass is 221 g/mol. The highest BCUT2D eigenvalue weighted by molar-refractivity contribution is 5.91. The van der Waals surface area contributed by atoms with Gasteiger partial charge in [-0.2, -0.15) is 0 Å². The molecule has 1 rings (SSSR count). The van der Waals surface area contributed by atoms with Crippen LogP contribution in [0.4, 0.5) is 5.69 Å². The van der Waals surface area contributed by atoms with Crippen LogP contribution in [0.15, 0.2) is 18.2 Å². The van der Waals surface area contributed by atoms with Gasteiger partial charge in [0.05, 0.1) is 6.10 Å². The van der Waals surface area contributed by atoms with Gasteiger partial charge in [0.1, 0.15) is 0 Å². The van der Waals surface area contributed by atoms with Crippen LogP contribution >= 0.6 is 0 Å². The molecule has 1 aromatic rings. The molecule has 0 aromatic heterocycles. The van der Waals surface area contributed by atoms with Crippen LogP contribution in [0.3, 0.4) is 0 Å². The molecule has 0 fully saturated rings. The fourth-order valence-electron chi connectivity index (χ4n) is 1.44. The number of anilines is 1. The van der Waals surface area contributed by atoms with Crippen molar-refractivity contribution in [3.8, 4) is 0 Å². The first kappa shape index (κ1) is 12.7. The van der Waals surface area contributed by atoms with Crippen LogP contribution in [0.25, 0.3) is 0 Å². The quantitative estimate of drug-likeness (QED) is 0.820. The summed E-state index contributed by atoms with van der Waals surface area (Å²) >= 11 is 0. The molecular formula is C13H19NO2. The first-order valence-corrected chi connectivity index (χ1v) is 5.55. The summed E-state index contributed by atoms with van der Waals surface area (Å²) < 4.78 is 0. The van der Waals surface area contributed by atoms with Crippen molar-refractivity contribution in [2.45, 2.75) is 39.7 Å². The fraction of sp³-hybridized carbons (Fsp3) is 0.462. The third-order valence-corrected chi connectivity index (χ3v) is 2.67. The van der Waals surface area contributed by atoms with Gasteiger partial charge >= 0.3 is 0 Å². The number of aryl methyl sites for hydroxylation is 1. The second-order valence-electron chi connectivity index (χ2n) is 4.18. The number of aliphatic hydroxyl groups excluding tert-OH is 1. The van der Waals surface area contributed by atoms with Crippen LogP contribution in [0.5, 0.6) is 0 Å². The van der Waals surface area contributed by atoms with Crippen molar-refractivity contribution >= 4 is 11.6 Å². The molecule has 1 aromatic carbocycles. The molecule has 0 aliphatic rings. The van der Waals surface area contributed by atoms with Crippen molar-refractivity contribution in [2.24, 2.45) is 0 Å². The summed E-state index contributed by atoms with van der Waals surface area (Å²) in [5, 5.41) is 11.9. The predicted molar refractivity (Wildman–Crippen MR) is 65.5 cm³/mol. The zero-order chi connectivity index (χ0) is 12.1. The van der Waals surface area contributed by atoms with Gasteiger partial charge < -0.3 is 10.4 Å². The van der Waals surface area contributed by atoms with Crippen molar-refractivity contribution < 1.29 is 9.90 Å². The normalized spacial score (nSPS) is 12.2. The lowest BCUT2D eigenvalue weighted by atomic mass is 10.1. The first-order chi connectivity index (χ1) is 7.50. The molecule has 16 heavy (non-hydrogen) atoms. The molecule has 3 nitrogen and oxygen atoms in total. The molecule has 0 bridgehead atoms. The van der Waals surface area contributed by atoms with Gasteiger partial charge in [0.15, 0.2) is 0 Å². The molecule has 1 atom stereocenters. The Morgan fingerprint density at radius 3 is 2.75 bits per heavy atom. The minimum atomic E-state index is -0.427. The van der Waals surface area contributed by atoms with E-state index >= 15 is 0 Å². The summed E-state index contributed by atoms with van der Waals surface area (Å²) in [4.78, 5) is 11.6. The van der Waals surface area contributed by atoms with E-state index in [0.717, 1.165) is 16.8 Å². The van der Waals surface area contributed by atoms with Gasteiger partial charge in [-0.05, 0) is 44.4 Å². The lowest BCUT2D eigenvalue weighted by Gasteiger charge is -2.10. The summed E-state index contributed by atoms with van der Waals surface area (Å²) in [5.41, 5.74) is 3.11. The van der Waals surface area contributed by atoms with Crippen molar-refractivity contribution in [3.63, 3.8) is 0 Å². The molecule has 0 heterocycles. The van der Waals surface area contributed by atoms with Crippen LogP contribution in [0.2, 0.25) is 0 Å². The van der Waals surface area contributed by atoms with Crippen molar-refractivity contribution in [2.75, 3.05) is 5.32 Å². The molecule has 0 saturated heterocycles. The average Bonchev–Trinajstić information content (AvgIpc) is 2.22. The van der Waals surface area contributed by atoms with Gasteiger partial charge in [0.2, 0.25) is 5.91 Å². The summed E-state index contributed by atoms with van der Waals surface area (Å²) in [6, 6.07) is 5.83. The maximum absolute atomic E-state index is 11.6. The lowest BCUT2D eigenvalue weighted by Crippen LogP contribution is -2.14. The maximum atomic E-state index is 11.6. The van der Waals surface area contributed by atoms with E-state index in [-0.39, 0.29) is 5.91 Å². The van der Waals surface area contributed by atoms with Gasteiger partial charge in [-0.1, -0.05) is 12.1 Å². The van der Waals surface area contributed by atoms with Crippen LogP contribution in [0.1, 0.15) is 30.9 Å². The Hall–Kier alpha value is -1.35. The summed E-state index contributed by atoms with van der Waals surface area (Å²) in [7, 11) is 0. The number of hydrogen-bond acceptors (Lipinski definition) is 2. The largest absolute Gasteiger partial charge is 0.393 e. The molecule has 3 heteroatoms. The number of amides is 1. The predicted octanol–water partition coefficient (Wildman–Crippen LogP) is 2.40. The molecule has 0 spiro atoms. The summed E-state index contributed by atoms with van der Waals surface area (Å²) in [6.45, 7) is 5.69. The van der Waals surface area contributed by atoms with Crippen molar-refractivity contribution in [1.29, 1.82) is 0 Å². The van der Waals surface area contributed by atoms with E-state index in [2.05, 4.69) is 5.32 Å². The molecule has 0 radical (unpaired) electrons. The molecule has 2 N–H and O–H groups in total. The number of aliphatic hydroxyl groups is 1. The van der Waals surface area contributed by atoms with E-state index in [4.69, 9.17) is 5.11 Å². The Morgan fingerprint density at radius 2 is 2.12 bits per heavy atom. The fourth-order valence-corrected chi connectivity index (χ4v) is 1.44. The standard InChI is InChI=1S/C13H19NO2/c1-9-5-4-6-12(11(9)3)14-13(16)8-7-10(2)15/h4-6,10,15H,7-8H2,1-3H3,(H,14,16). The van der Waals surface area contributed by atoms with E-state index in [1.165, 1.54) is 0 Å². The van der Waals surface area contributed by atoms with Crippen LogP contribution in [-0.4, -0.2) is 17.1 Å². The van der Waals surface area contributed by atoms with Gasteiger partial charge in [0, 0.05) is 12.1 Å². The van der Waals surface area contributed by atoms with Gasteiger partial charge in [0.25, 0.3) is 0 Å². The number of rotatable bonds is 4. The number of benzene rings is 1. The van der Waals surface area contributed by atoms with Crippen LogP contribution in [0, 0.1) is 13.8 Å². The van der Waals surface area contributed by atoms with Gasteiger partial charge in [-0.3, -0.25) is 4.79 Å². The molecule has 1 unspecified atom stereocenters. The van der Waals surface area contributed by atoms with E-state index in [9.17, 15) is 4.79 Å². The van der Waals surface area contributed by atoms with Crippen LogP contribution in [-0.2, 0) is 4.79 Å². The molecule has 88 valence electrons. The molecule has 0 aliphatic carbocycles. The highest BCUT2D eigenvalue weighted by atomic mass is 16.3. The molecule has 0 aliphatic heterocycles. The van der Waals surface area contributed by atoms with Crippen molar-refractivity contribution in [3.05, 3.63) is 29.3 Å². The van der Waals surface area contributed by atoms with E-state index in [1.807, 2.05) is 32.0 Å². The van der Waals surface area contributed by atoms with E-state index in [0.29, 0.717) is 12.8 Å². The highest BCUT2D eigenvalue weighted by Crippen LogP contribution is 2.18. The first-order valence-electron chi connectivity index (χ1n) is 5.55. The summed E-state index contributed by atoms with van der Waals surface area (Å²) in [5.74, 6) is -0.0467. The van der Waals surface area contributed by atoms with E-state index in [1.54, 1.807) is 6.92 Å². The Kier molecular flexibility index (Phi) is 4.50. The second kappa shape index (κ2) is 5.66. The number of carbonyl (C=O) groups excluding carboxylic acids is 1. The van der Waals surface area contributed by atoms with Gasteiger partial charge in [-0.15, -0.1) is 0 Å². The third-order valence-electron chi connectivity index (χ3n) is 2.67. The Balaban J connectivity index is 2.59. The Morgan fingerprint density at radius 1 is 1.44 bits per heavy atom.